The summed E-state index contributed by atoms with van der Waals surface area (Å²) < 4.78 is 5.39. The van der Waals surface area contributed by atoms with Gasteiger partial charge in [0.15, 0.2) is 0 Å². The summed E-state index contributed by atoms with van der Waals surface area (Å²) in [7, 11) is 0. The molecule has 0 saturated carbocycles. The fourth-order valence-corrected chi connectivity index (χ4v) is 2.94. The number of nitrogens with zero attached hydrogens (tertiary/aromatic N) is 1. The first-order valence-corrected chi connectivity index (χ1v) is 8.79. The van der Waals surface area contributed by atoms with E-state index in [1.807, 2.05) is 24.3 Å². The molecule has 2 aromatic carbocycles. The zero-order chi connectivity index (χ0) is 17.6. The molecule has 0 aromatic heterocycles. The average molecular weight is 380 g/mol. The maximum absolute atomic E-state index is 12.3. The maximum atomic E-state index is 12.3. The summed E-state index contributed by atoms with van der Waals surface area (Å²) in [6, 6.07) is 13.0. The number of benzene rings is 2. The molecule has 0 radical (unpaired) electrons. The minimum absolute atomic E-state index is 0.133. The number of carbonyl (C=O) groups is 1. The van der Waals surface area contributed by atoms with Crippen LogP contribution in [0.5, 0.6) is 0 Å². The number of morpholine rings is 1. The quantitative estimate of drug-likeness (QED) is 0.827. The number of halogens is 2. The van der Waals surface area contributed by atoms with E-state index in [-0.39, 0.29) is 12.5 Å². The molecular weight excluding hydrogens is 361 g/mol. The molecule has 1 saturated heterocycles. The Kier molecular flexibility index (Phi) is 6.02. The second-order valence-electron chi connectivity index (χ2n) is 5.65. The van der Waals surface area contributed by atoms with Crippen molar-refractivity contribution in [3.63, 3.8) is 0 Å². The van der Waals surface area contributed by atoms with Gasteiger partial charge in [0.2, 0.25) is 5.91 Å². The average Bonchev–Trinajstić information content (AvgIpc) is 2.64. The van der Waals surface area contributed by atoms with E-state index in [0.717, 1.165) is 30.2 Å². The van der Waals surface area contributed by atoms with E-state index >= 15 is 0 Å². The Labute approximate surface area is 156 Å². The van der Waals surface area contributed by atoms with Crippen molar-refractivity contribution in [1.82, 2.24) is 0 Å². The fourth-order valence-electron chi connectivity index (χ4n) is 2.64. The third kappa shape index (κ3) is 4.78. The first-order chi connectivity index (χ1) is 12.1. The molecule has 25 heavy (non-hydrogen) atoms. The summed E-state index contributed by atoms with van der Waals surface area (Å²) in [5, 5.41) is 6.94. The van der Waals surface area contributed by atoms with Crippen molar-refractivity contribution >= 4 is 46.2 Å². The second-order valence-corrected chi connectivity index (χ2v) is 6.46. The summed E-state index contributed by atoms with van der Waals surface area (Å²) in [5.74, 6) is -0.133. The topological polar surface area (TPSA) is 53.6 Å². The smallest absolute Gasteiger partial charge is 0.243 e. The molecular formula is C18H19Cl2N3O2. The molecule has 0 unspecified atom stereocenters. The van der Waals surface area contributed by atoms with Crippen LogP contribution in [-0.2, 0) is 9.53 Å². The monoisotopic (exact) mass is 379 g/mol. The molecule has 5 nitrogen and oxygen atoms in total. The molecule has 3 rings (SSSR count). The van der Waals surface area contributed by atoms with Crippen molar-refractivity contribution in [3.8, 4) is 0 Å². The van der Waals surface area contributed by atoms with Gasteiger partial charge in [0.1, 0.15) is 0 Å². The highest BCUT2D eigenvalue weighted by molar-refractivity contribution is 6.42. The Balaban J connectivity index is 1.61. The molecule has 1 heterocycles. The first-order valence-electron chi connectivity index (χ1n) is 8.04. The van der Waals surface area contributed by atoms with Crippen LogP contribution < -0.4 is 15.5 Å². The number of para-hydroxylation sites is 2. The highest BCUT2D eigenvalue weighted by atomic mass is 35.5. The van der Waals surface area contributed by atoms with Gasteiger partial charge >= 0.3 is 0 Å². The molecule has 1 fully saturated rings. The van der Waals surface area contributed by atoms with Gasteiger partial charge in [-0.3, -0.25) is 4.79 Å². The highest BCUT2D eigenvalue weighted by Crippen LogP contribution is 2.27. The Bertz CT molecular complexity index is 749. The van der Waals surface area contributed by atoms with E-state index < -0.39 is 0 Å². The highest BCUT2D eigenvalue weighted by Gasteiger charge is 2.15. The second kappa shape index (κ2) is 8.43. The Hall–Kier alpha value is -1.95. The molecule has 2 aromatic rings. The number of hydrogen-bond donors (Lipinski definition) is 2. The summed E-state index contributed by atoms with van der Waals surface area (Å²) >= 11 is 11.9. The first kappa shape index (κ1) is 17.9. The molecule has 0 atom stereocenters. The normalized spacial score (nSPS) is 14.2. The Morgan fingerprint density at radius 1 is 1.08 bits per heavy atom. The van der Waals surface area contributed by atoms with Gasteiger partial charge in [0.25, 0.3) is 0 Å². The van der Waals surface area contributed by atoms with E-state index in [1.165, 1.54) is 0 Å². The number of anilines is 3. The van der Waals surface area contributed by atoms with Crippen LogP contribution in [0.2, 0.25) is 10.0 Å². The minimum Gasteiger partial charge on any atom is -0.378 e. The zero-order valence-electron chi connectivity index (χ0n) is 13.6. The van der Waals surface area contributed by atoms with Gasteiger partial charge in [-0.05, 0) is 30.3 Å². The molecule has 1 aliphatic heterocycles. The number of ether oxygens (including phenoxy) is 1. The fraction of sp³-hybridized carbons (Fsp3) is 0.278. The van der Waals surface area contributed by atoms with Gasteiger partial charge in [0.05, 0.1) is 41.2 Å². The lowest BCUT2D eigenvalue weighted by atomic mass is 10.2. The number of hydrogen-bond acceptors (Lipinski definition) is 4. The molecule has 7 heteroatoms. The lowest BCUT2D eigenvalue weighted by Crippen LogP contribution is -2.37. The SMILES string of the molecule is O=C(CNc1ccc(Cl)c(Cl)c1)Nc1ccccc1N1CCOCC1. The van der Waals surface area contributed by atoms with E-state index in [0.29, 0.717) is 23.3 Å². The van der Waals surface area contributed by atoms with Gasteiger partial charge < -0.3 is 20.3 Å². The molecule has 2 N–H and O–H groups in total. The van der Waals surface area contributed by atoms with Crippen molar-refractivity contribution in [2.24, 2.45) is 0 Å². The molecule has 132 valence electrons. The van der Waals surface area contributed by atoms with Gasteiger partial charge in [0, 0.05) is 18.8 Å². The third-order valence-corrected chi connectivity index (χ3v) is 4.64. The van der Waals surface area contributed by atoms with E-state index in [9.17, 15) is 4.79 Å². The predicted molar refractivity (Wildman–Crippen MR) is 103 cm³/mol. The van der Waals surface area contributed by atoms with Crippen molar-refractivity contribution in [1.29, 1.82) is 0 Å². The van der Waals surface area contributed by atoms with E-state index in [2.05, 4.69) is 15.5 Å². The lowest BCUT2D eigenvalue weighted by Gasteiger charge is -2.30. The van der Waals surface area contributed by atoms with Gasteiger partial charge in [-0.15, -0.1) is 0 Å². The lowest BCUT2D eigenvalue weighted by molar-refractivity contribution is -0.114. The number of amides is 1. The van der Waals surface area contributed by atoms with Crippen molar-refractivity contribution in [2.45, 2.75) is 0 Å². The minimum atomic E-state index is -0.133. The van der Waals surface area contributed by atoms with E-state index in [4.69, 9.17) is 27.9 Å². The molecule has 1 aliphatic rings. The van der Waals surface area contributed by atoms with Crippen molar-refractivity contribution in [2.75, 3.05) is 48.4 Å². The third-order valence-electron chi connectivity index (χ3n) is 3.90. The van der Waals surface area contributed by atoms with Crippen LogP contribution in [0.25, 0.3) is 0 Å². The van der Waals surface area contributed by atoms with Crippen LogP contribution in [0.1, 0.15) is 0 Å². The number of carbonyl (C=O) groups excluding carboxylic acids is 1. The summed E-state index contributed by atoms with van der Waals surface area (Å²) in [6.07, 6.45) is 0. The van der Waals surface area contributed by atoms with Gasteiger partial charge in [-0.1, -0.05) is 35.3 Å². The predicted octanol–water partition coefficient (Wildman–Crippen LogP) is 3.88. The van der Waals surface area contributed by atoms with Crippen LogP contribution >= 0.6 is 23.2 Å². The molecule has 1 amide bonds. The van der Waals surface area contributed by atoms with E-state index in [1.54, 1.807) is 18.2 Å². The van der Waals surface area contributed by atoms with Crippen LogP contribution in [0.4, 0.5) is 17.1 Å². The molecule has 0 aliphatic carbocycles. The maximum Gasteiger partial charge on any atom is 0.243 e. The van der Waals surface area contributed by atoms with Crippen LogP contribution in [0, 0.1) is 0 Å². The van der Waals surface area contributed by atoms with Gasteiger partial charge in [-0.25, -0.2) is 0 Å². The van der Waals surface area contributed by atoms with Crippen LogP contribution in [0.15, 0.2) is 42.5 Å². The summed E-state index contributed by atoms with van der Waals surface area (Å²) in [4.78, 5) is 14.5. The summed E-state index contributed by atoms with van der Waals surface area (Å²) in [6.45, 7) is 3.15. The molecule has 0 bridgehead atoms. The summed E-state index contributed by atoms with van der Waals surface area (Å²) in [5.41, 5.74) is 2.55. The van der Waals surface area contributed by atoms with Crippen molar-refractivity contribution < 1.29 is 9.53 Å². The number of nitrogens with one attached hydrogen (secondary N) is 2. The standard InChI is InChI=1S/C18H19Cl2N3O2/c19-14-6-5-13(11-15(14)20)21-12-18(24)22-16-3-1-2-4-17(16)23-7-9-25-10-8-23/h1-6,11,21H,7-10,12H2,(H,22,24). The van der Waals surface area contributed by atoms with Crippen LogP contribution in [0.3, 0.4) is 0 Å². The van der Waals surface area contributed by atoms with Crippen molar-refractivity contribution in [3.05, 3.63) is 52.5 Å². The Morgan fingerprint density at radius 2 is 1.84 bits per heavy atom. The molecule has 0 spiro atoms. The van der Waals surface area contributed by atoms with Gasteiger partial charge in [-0.2, -0.15) is 0 Å². The Morgan fingerprint density at radius 3 is 2.60 bits per heavy atom. The zero-order valence-corrected chi connectivity index (χ0v) is 15.1. The largest absolute Gasteiger partial charge is 0.378 e. The number of rotatable bonds is 5. The van der Waals surface area contributed by atoms with Crippen LogP contribution in [-0.4, -0.2) is 38.8 Å².